The smallest absolute Gasteiger partial charge is 0.233 e. The van der Waals surface area contributed by atoms with Gasteiger partial charge in [-0.1, -0.05) is 16.4 Å². The number of rotatable bonds is 5. The molecule has 1 saturated heterocycles. The van der Waals surface area contributed by atoms with Crippen LogP contribution in [0.15, 0.2) is 33.4 Å². The SMILES string of the molecule is Cc1noc(C)c1CCC(=O)N1CC(c2nc(-c3ccccn3)no2)C1. The largest absolute Gasteiger partial charge is 0.361 e. The summed E-state index contributed by atoms with van der Waals surface area (Å²) in [5.74, 6) is 2.02. The molecule has 3 aromatic heterocycles. The monoisotopic (exact) mass is 353 g/mol. The van der Waals surface area contributed by atoms with Crippen LogP contribution in [-0.2, 0) is 11.2 Å². The van der Waals surface area contributed by atoms with Gasteiger partial charge in [-0.15, -0.1) is 0 Å². The summed E-state index contributed by atoms with van der Waals surface area (Å²) in [7, 11) is 0. The predicted molar refractivity (Wildman–Crippen MR) is 91.1 cm³/mol. The van der Waals surface area contributed by atoms with Crippen molar-refractivity contribution >= 4 is 5.91 Å². The van der Waals surface area contributed by atoms with Gasteiger partial charge in [0.2, 0.25) is 17.6 Å². The number of pyridine rings is 1. The van der Waals surface area contributed by atoms with Gasteiger partial charge in [0.05, 0.1) is 11.6 Å². The molecule has 1 aliphatic heterocycles. The highest BCUT2D eigenvalue weighted by Gasteiger charge is 2.35. The zero-order valence-corrected chi connectivity index (χ0v) is 14.7. The van der Waals surface area contributed by atoms with Gasteiger partial charge in [0.15, 0.2) is 0 Å². The highest BCUT2D eigenvalue weighted by atomic mass is 16.5. The zero-order valence-electron chi connectivity index (χ0n) is 14.7. The van der Waals surface area contributed by atoms with Crippen LogP contribution in [0.4, 0.5) is 0 Å². The molecule has 4 rings (SSSR count). The molecule has 8 nitrogen and oxygen atoms in total. The van der Waals surface area contributed by atoms with E-state index in [-0.39, 0.29) is 11.8 Å². The molecule has 134 valence electrons. The Morgan fingerprint density at radius 2 is 2.08 bits per heavy atom. The summed E-state index contributed by atoms with van der Waals surface area (Å²) in [6.07, 6.45) is 2.78. The second-order valence-corrected chi connectivity index (χ2v) is 6.47. The maximum absolute atomic E-state index is 12.3. The van der Waals surface area contributed by atoms with Crippen molar-refractivity contribution in [2.45, 2.75) is 32.6 Å². The van der Waals surface area contributed by atoms with E-state index in [1.165, 1.54) is 0 Å². The molecule has 3 aromatic rings. The molecular formula is C18H19N5O3. The minimum Gasteiger partial charge on any atom is -0.361 e. The lowest BCUT2D eigenvalue weighted by Gasteiger charge is -2.37. The lowest BCUT2D eigenvalue weighted by molar-refractivity contribution is -0.135. The van der Waals surface area contributed by atoms with Crippen molar-refractivity contribution in [1.82, 2.24) is 25.2 Å². The number of amides is 1. The molecule has 0 unspecified atom stereocenters. The molecule has 0 bridgehead atoms. The van der Waals surface area contributed by atoms with Gasteiger partial charge >= 0.3 is 0 Å². The third-order valence-corrected chi connectivity index (χ3v) is 4.69. The first kappa shape index (κ1) is 16.4. The Balaban J connectivity index is 1.31. The van der Waals surface area contributed by atoms with Gasteiger partial charge < -0.3 is 13.9 Å². The van der Waals surface area contributed by atoms with Crippen LogP contribution in [0.1, 0.15) is 35.2 Å². The van der Waals surface area contributed by atoms with Crippen LogP contribution in [-0.4, -0.2) is 44.2 Å². The molecule has 0 aromatic carbocycles. The Bertz CT molecular complexity index is 893. The van der Waals surface area contributed by atoms with Gasteiger partial charge in [-0.2, -0.15) is 4.98 Å². The molecule has 8 heteroatoms. The highest BCUT2D eigenvalue weighted by Crippen LogP contribution is 2.28. The van der Waals surface area contributed by atoms with Crippen LogP contribution >= 0.6 is 0 Å². The van der Waals surface area contributed by atoms with E-state index < -0.39 is 0 Å². The Morgan fingerprint density at radius 3 is 2.77 bits per heavy atom. The van der Waals surface area contributed by atoms with Crippen molar-refractivity contribution in [3.63, 3.8) is 0 Å². The van der Waals surface area contributed by atoms with Crippen LogP contribution in [0, 0.1) is 13.8 Å². The summed E-state index contributed by atoms with van der Waals surface area (Å²) < 4.78 is 10.5. The van der Waals surface area contributed by atoms with E-state index in [0.717, 1.165) is 17.0 Å². The summed E-state index contributed by atoms with van der Waals surface area (Å²) >= 11 is 0. The molecule has 26 heavy (non-hydrogen) atoms. The van der Waals surface area contributed by atoms with E-state index in [2.05, 4.69) is 20.3 Å². The first-order chi connectivity index (χ1) is 12.6. The lowest BCUT2D eigenvalue weighted by atomic mass is 9.98. The van der Waals surface area contributed by atoms with Crippen molar-refractivity contribution in [2.75, 3.05) is 13.1 Å². The van der Waals surface area contributed by atoms with Gasteiger partial charge in [-0.25, -0.2) is 0 Å². The first-order valence-corrected chi connectivity index (χ1v) is 8.56. The van der Waals surface area contributed by atoms with E-state index in [4.69, 9.17) is 9.05 Å². The summed E-state index contributed by atoms with van der Waals surface area (Å²) in [5.41, 5.74) is 2.55. The van der Waals surface area contributed by atoms with Crippen LogP contribution in [0.3, 0.4) is 0 Å². The van der Waals surface area contributed by atoms with E-state index in [1.807, 2.05) is 36.9 Å². The number of aromatic nitrogens is 4. The molecule has 1 fully saturated rings. The van der Waals surface area contributed by atoms with Crippen molar-refractivity contribution < 1.29 is 13.8 Å². The van der Waals surface area contributed by atoms with E-state index in [1.54, 1.807) is 6.20 Å². The number of carbonyl (C=O) groups is 1. The average molecular weight is 353 g/mol. The number of aryl methyl sites for hydroxylation is 2. The molecule has 1 aliphatic rings. The van der Waals surface area contributed by atoms with Crippen LogP contribution in [0.2, 0.25) is 0 Å². The fourth-order valence-corrected chi connectivity index (χ4v) is 3.09. The molecule has 4 heterocycles. The highest BCUT2D eigenvalue weighted by molar-refractivity contribution is 5.77. The third kappa shape index (κ3) is 3.10. The average Bonchev–Trinajstić information content (AvgIpc) is 3.20. The Morgan fingerprint density at radius 1 is 1.23 bits per heavy atom. The second-order valence-electron chi connectivity index (χ2n) is 6.47. The summed E-state index contributed by atoms with van der Waals surface area (Å²) in [6.45, 7) is 4.97. The van der Waals surface area contributed by atoms with E-state index in [9.17, 15) is 4.79 Å². The van der Waals surface area contributed by atoms with Gasteiger partial charge in [0, 0.05) is 31.3 Å². The third-order valence-electron chi connectivity index (χ3n) is 4.69. The lowest BCUT2D eigenvalue weighted by Crippen LogP contribution is -2.48. The molecule has 0 N–H and O–H groups in total. The van der Waals surface area contributed by atoms with Crippen LogP contribution in [0.25, 0.3) is 11.5 Å². The summed E-state index contributed by atoms with van der Waals surface area (Å²) in [5, 5.41) is 7.90. The topological polar surface area (TPSA) is 98.2 Å². The molecule has 1 amide bonds. The standard InChI is InChI=1S/C18H19N5O3/c1-11-14(12(2)25-21-11)6-7-16(24)23-9-13(10-23)18-20-17(22-26-18)15-5-3-4-8-19-15/h3-5,8,13H,6-7,9-10H2,1-2H3. The van der Waals surface area contributed by atoms with Gasteiger partial charge in [-0.3, -0.25) is 9.78 Å². The Kier molecular flexibility index (Phi) is 4.24. The maximum atomic E-state index is 12.3. The van der Waals surface area contributed by atoms with Crippen LogP contribution in [0.5, 0.6) is 0 Å². The minimum atomic E-state index is 0.0861. The molecule has 0 aliphatic carbocycles. The minimum absolute atomic E-state index is 0.0861. The van der Waals surface area contributed by atoms with Gasteiger partial charge in [-0.05, 0) is 32.4 Å². The molecule has 0 saturated carbocycles. The van der Waals surface area contributed by atoms with Crippen molar-refractivity contribution in [3.8, 4) is 11.5 Å². The van der Waals surface area contributed by atoms with E-state index in [0.29, 0.717) is 43.3 Å². The Labute approximate surface area is 150 Å². The van der Waals surface area contributed by atoms with Gasteiger partial charge in [0.25, 0.3) is 0 Å². The molecule has 0 radical (unpaired) electrons. The number of likely N-dealkylation sites (tertiary alicyclic amines) is 1. The molecular weight excluding hydrogens is 334 g/mol. The zero-order chi connectivity index (χ0) is 18.1. The maximum Gasteiger partial charge on any atom is 0.233 e. The number of hydrogen-bond acceptors (Lipinski definition) is 7. The quantitative estimate of drug-likeness (QED) is 0.694. The van der Waals surface area contributed by atoms with Crippen LogP contribution < -0.4 is 0 Å². The number of hydrogen-bond donors (Lipinski definition) is 0. The van der Waals surface area contributed by atoms with Gasteiger partial charge in [0.1, 0.15) is 11.5 Å². The second kappa shape index (κ2) is 6.70. The number of carbonyl (C=O) groups excluding carboxylic acids is 1. The summed E-state index contributed by atoms with van der Waals surface area (Å²) in [6, 6.07) is 5.55. The summed E-state index contributed by atoms with van der Waals surface area (Å²) in [4.78, 5) is 22.8. The van der Waals surface area contributed by atoms with Crippen molar-refractivity contribution in [2.24, 2.45) is 0 Å². The normalized spacial score (nSPS) is 14.5. The fraction of sp³-hybridized carbons (Fsp3) is 0.389. The fourth-order valence-electron chi connectivity index (χ4n) is 3.09. The predicted octanol–water partition coefficient (Wildman–Crippen LogP) is 2.30. The van der Waals surface area contributed by atoms with E-state index >= 15 is 0 Å². The van der Waals surface area contributed by atoms with Crippen molar-refractivity contribution in [1.29, 1.82) is 0 Å². The first-order valence-electron chi connectivity index (χ1n) is 8.56. The van der Waals surface area contributed by atoms with Crippen molar-refractivity contribution in [3.05, 3.63) is 47.3 Å². The molecule has 0 spiro atoms. The molecule has 0 atom stereocenters. The number of nitrogens with zero attached hydrogens (tertiary/aromatic N) is 5. The Hall–Kier alpha value is -3.03.